The van der Waals surface area contributed by atoms with Gasteiger partial charge in [-0.15, -0.1) is 6.58 Å². The number of rotatable bonds is 3. The molecule has 1 aromatic heterocycles. The maximum atomic E-state index is 5.92. The molecule has 0 spiro atoms. The number of allylic oxidation sites excluding steroid dienone is 1. The van der Waals surface area contributed by atoms with E-state index in [1.807, 2.05) is 12.1 Å². The summed E-state index contributed by atoms with van der Waals surface area (Å²) >= 11 is 5.92. The van der Waals surface area contributed by atoms with E-state index in [2.05, 4.69) is 36.4 Å². The summed E-state index contributed by atoms with van der Waals surface area (Å²) in [6.07, 6.45) is 5.04. The third-order valence-corrected chi connectivity index (χ3v) is 4.05. The summed E-state index contributed by atoms with van der Waals surface area (Å²) in [5.41, 5.74) is 1.37. The highest BCUT2D eigenvalue weighted by Gasteiger charge is 2.33. The van der Waals surface area contributed by atoms with Gasteiger partial charge in [0.15, 0.2) is 0 Å². The molecule has 0 radical (unpaired) electrons. The number of aromatic nitrogens is 1. The van der Waals surface area contributed by atoms with Gasteiger partial charge >= 0.3 is 0 Å². The molecular formula is C14H19ClN2. The molecule has 2 rings (SSSR count). The van der Waals surface area contributed by atoms with Crippen molar-refractivity contribution in [1.29, 1.82) is 0 Å². The van der Waals surface area contributed by atoms with Crippen molar-refractivity contribution in [3.8, 4) is 0 Å². The van der Waals surface area contributed by atoms with Crippen LogP contribution in [0.4, 0.5) is 5.69 Å². The van der Waals surface area contributed by atoms with Crippen LogP contribution in [0.15, 0.2) is 31.0 Å². The predicted octanol–water partition coefficient (Wildman–Crippen LogP) is 3.77. The molecule has 17 heavy (non-hydrogen) atoms. The molecule has 92 valence electrons. The van der Waals surface area contributed by atoms with Crippen LogP contribution in [0.5, 0.6) is 0 Å². The number of anilines is 1. The maximum absolute atomic E-state index is 5.92. The molecule has 1 atom stereocenters. The fourth-order valence-electron chi connectivity index (χ4n) is 2.36. The van der Waals surface area contributed by atoms with Crippen molar-refractivity contribution >= 4 is 17.3 Å². The van der Waals surface area contributed by atoms with Crippen LogP contribution in [-0.4, -0.2) is 18.1 Å². The van der Waals surface area contributed by atoms with Crippen LogP contribution in [0, 0.1) is 11.3 Å². The van der Waals surface area contributed by atoms with Gasteiger partial charge in [0.05, 0.1) is 0 Å². The van der Waals surface area contributed by atoms with E-state index < -0.39 is 0 Å². The first-order valence-electron chi connectivity index (χ1n) is 6.03. The third-order valence-electron chi connectivity index (χ3n) is 3.84. The number of hydrogen-bond donors (Lipinski definition) is 0. The fraction of sp³-hybridized carbons (Fsp3) is 0.500. The molecule has 0 N–H and O–H groups in total. The second-order valence-electron chi connectivity index (χ2n) is 5.29. The van der Waals surface area contributed by atoms with Gasteiger partial charge in [-0.25, -0.2) is 4.98 Å². The summed E-state index contributed by atoms with van der Waals surface area (Å²) in [7, 11) is 0. The molecule has 0 bridgehead atoms. The van der Waals surface area contributed by atoms with E-state index in [-0.39, 0.29) is 5.41 Å². The predicted molar refractivity (Wildman–Crippen MR) is 73.5 cm³/mol. The van der Waals surface area contributed by atoms with Crippen molar-refractivity contribution < 1.29 is 0 Å². The summed E-state index contributed by atoms with van der Waals surface area (Å²) in [6.45, 7) is 10.6. The van der Waals surface area contributed by atoms with Gasteiger partial charge in [-0.3, -0.25) is 0 Å². The zero-order valence-corrected chi connectivity index (χ0v) is 11.2. The number of hydrogen-bond acceptors (Lipinski definition) is 2. The van der Waals surface area contributed by atoms with E-state index in [0.29, 0.717) is 11.1 Å². The van der Waals surface area contributed by atoms with E-state index in [0.717, 1.165) is 13.1 Å². The van der Waals surface area contributed by atoms with Crippen molar-refractivity contribution in [3.05, 3.63) is 36.1 Å². The van der Waals surface area contributed by atoms with E-state index in [4.69, 9.17) is 11.6 Å². The second kappa shape index (κ2) is 4.69. The first kappa shape index (κ1) is 12.4. The Labute approximate surface area is 108 Å². The summed E-state index contributed by atoms with van der Waals surface area (Å²) in [6, 6.07) is 3.96. The Hall–Kier alpha value is -1.02. The van der Waals surface area contributed by atoms with E-state index in [1.165, 1.54) is 12.1 Å². The lowest BCUT2D eigenvalue weighted by molar-refractivity contribution is 0.310. The lowest BCUT2D eigenvalue weighted by Gasteiger charge is -2.28. The van der Waals surface area contributed by atoms with Gasteiger partial charge < -0.3 is 4.90 Å². The first-order valence-corrected chi connectivity index (χ1v) is 6.41. The zero-order valence-electron chi connectivity index (χ0n) is 10.5. The van der Waals surface area contributed by atoms with Crippen LogP contribution in [0.3, 0.4) is 0 Å². The molecular weight excluding hydrogens is 232 g/mol. The first-order chi connectivity index (χ1) is 8.03. The average Bonchev–Trinajstić information content (AvgIpc) is 2.79. The third kappa shape index (κ3) is 2.63. The Morgan fingerprint density at radius 1 is 1.59 bits per heavy atom. The van der Waals surface area contributed by atoms with Gasteiger partial charge in [-0.1, -0.05) is 31.5 Å². The second-order valence-corrected chi connectivity index (χ2v) is 5.68. The number of pyridine rings is 1. The van der Waals surface area contributed by atoms with Gasteiger partial charge in [-0.2, -0.15) is 0 Å². The summed E-state index contributed by atoms with van der Waals surface area (Å²) < 4.78 is 0. The molecule has 0 amide bonds. The molecule has 1 fully saturated rings. The quantitative estimate of drug-likeness (QED) is 0.600. The molecule has 2 nitrogen and oxygen atoms in total. The average molecular weight is 251 g/mol. The minimum Gasteiger partial charge on any atom is -0.371 e. The largest absolute Gasteiger partial charge is 0.371 e. The smallest absolute Gasteiger partial charge is 0.131 e. The molecule has 2 heterocycles. The van der Waals surface area contributed by atoms with Crippen LogP contribution < -0.4 is 4.90 Å². The van der Waals surface area contributed by atoms with Gasteiger partial charge in [0.25, 0.3) is 0 Å². The van der Waals surface area contributed by atoms with Crippen LogP contribution >= 0.6 is 11.6 Å². The van der Waals surface area contributed by atoms with Gasteiger partial charge in [0, 0.05) is 25.0 Å². The molecule has 1 aromatic rings. The van der Waals surface area contributed by atoms with E-state index in [9.17, 15) is 0 Å². The monoisotopic (exact) mass is 250 g/mol. The fourth-order valence-corrected chi connectivity index (χ4v) is 2.53. The van der Waals surface area contributed by atoms with Gasteiger partial charge in [0.1, 0.15) is 5.15 Å². The molecule has 1 saturated heterocycles. The van der Waals surface area contributed by atoms with Crippen molar-refractivity contribution in [2.45, 2.75) is 20.3 Å². The van der Waals surface area contributed by atoms with E-state index >= 15 is 0 Å². The molecule has 3 heteroatoms. The Morgan fingerprint density at radius 3 is 3.00 bits per heavy atom. The molecule has 0 saturated carbocycles. The highest BCUT2D eigenvalue weighted by Crippen LogP contribution is 2.36. The van der Waals surface area contributed by atoms with E-state index in [1.54, 1.807) is 6.20 Å². The molecule has 0 aliphatic carbocycles. The van der Waals surface area contributed by atoms with Gasteiger partial charge in [0.2, 0.25) is 0 Å². The Bertz CT molecular complexity index is 414. The lowest BCUT2D eigenvalue weighted by atomic mass is 9.78. The highest BCUT2D eigenvalue weighted by molar-refractivity contribution is 6.29. The van der Waals surface area contributed by atoms with Gasteiger partial charge in [-0.05, 0) is 29.9 Å². The summed E-state index contributed by atoms with van der Waals surface area (Å²) in [5, 5.41) is 0.564. The normalized spacial score (nSPS) is 20.6. The van der Waals surface area contributed by atoms with Crippen LogP contribution in [0.2, 0.25) is 5.15 Å². The lowest BCUT2D eigenvalue weighted by Crippen LogP contribution is -2.26. The van der Waals surface area contributed by atoms with Crippen molar-refractivity contribution in [2.75, 3.05) is 18.0 Å². The SMILES string of the molecule is C=CC(C)(C)C1CCN(c2ccnc(Cl)c2)C1. The Kier molecular flexibility index (Phi) is 3.43. The van der Waals surface area contributed by atoms with Crippen LogP contribution in [0.25, 0.3) is 0 Å². The molecule has 1 aliphatic heterocycles. The van der Waals surface area contributed by atoms with Crippen molar-refractivity contribution in [3.63, 3.8) is 0 Å². The molecule has 1 aliphatic rings. The Morgan fingerprint density at radius 2 is 2.35 bits per heavy atom. The standard InChI is InChI=1S/C14H19ClN2/c1-4-14(2,3)11-6-8-17(10-11)12-5-7-16-13(15)9-12/h4-5,7,9,11H,1,6,8,10H2,2-3H3. The minimum absolute atomic E-state index is 0.200. The topological polar surface area (TPSA) is 16.1 Å². The maximum Gasteiger partial charge on any atom is 0.131 e. The van der Waals surface area contributed by atoms with Crippen molar-refractivity contribution in [1.82, 2.24) is 4.98 Å². The number of halogens is 1. The van der Waals surface area contributed by atoms with Crippen LogP contribution in [-0.2, 0) is 0 Å². The Balaban J connectivity index is 2.10. The summed E-state index contributed by atoms with van der Waals surface area (Å²) in [4.78, 5) is 6.40. The molecule has 0 aromatic carbocycles. The minimum atomic E-state index is 0.200. The highest BCUT2D eigenvalue weighted by atomic mass is 35.5. The van der Waals surface area contributed by atoms with Crippen molar-refractivity contribution in [2.24, 2.45) is 11.3 Å². The number of nitrogens with zero attached hydrogens (tertiary/aromatic N) is 2. The summed E-state index contributed by atoms with van der Waals surface area (Å²) in [5.74, 6) is 0.659. The zero-order chi connectivity index (χ0) is 12.5. The van der Waals surface area contributed by atoms with Crippen LogP contribution in [0.1, 0.15) is 20.3 Å². The molecule has 1 unspecified atom stereocenters.